The SMILES string of the molecule is C#CS(=O)(=O)CC(=O)NCc1cccnc1. The fourth-order valence-electron chi connectivity index (χ4n) is 0.969. The summed E-state index contributed by atoms with van der Waals surface area (Å²) in [4.78, 5) is 15.0. The summed E-state index contributed by atoms with van der Waals surface area (Å²) in [5.41, 5.74) is 0.786. The Hall–Kier alpha value is -1.87. The molecule has 5 nitrogen and oxygen atoms in total. The molecular formula is C10H10N2O3S. The maximum atomic E-state index is 11.2. The zero-order valence-corrected chi connectivity index (χ0v) is 9.20. The predicted molar refractivity (Wildman–Crippen MR) is 58.7 cm³/mol. The normalized spacial score (nSPS) is 10.4. The standard InChI is InChI=1S/C10H10N2O3S/c1-2-16(14,15)8-10(13)12-7-9-4-3-5-11-6-9/h1,3-6H,7-8H2,(H,12,13). The summed E-state index contributed by atoms with van der Waals surface area (Å²) in [7, 11) is -3.72. The van der Waals surface area contributed by atoms with Crippen molar-refractivity contribution in [3.63, 3.8) is 0 Å². The number of amides is 1. The molecule has 16 heavy (non-hydrogen) atoms. The molecule has 1 heterocycles. The molecule has 0 aliphatic rings. The predicted octanol–water partition coefficient (Wildman–Crippen LogP) is -0.297. The van der Waals surface area contributed by atoms with Gasteiger partial charge >= 0.3 is 0 Å². The van der Waals surface area contributed by atoms with Crippen molar-refractivity contribution in [3.8, 4) is 11.7 Å². The van der Waals surface area contributed by atoms with E-state index in [0.717, 1.165) is 5.56 Å². The first-order chi connectivity index (χ1) is 7.53. The highest BCUT2D eigenvalue weighted by Gasteiger charge is 2.12. The molecule has 0 saturated heterocycles. The van der Waals surface area contributed by atoms with Crippen LogP contribution in [0.2, 0.25) is 0 Å². The van der Waals surface area contributed by atoms with Crippen LogP contribution in [0.4, 0.5) is 0 Å². The van der Waals surface area contributed by atoms with Crippen molar-refractivity contribution in [1.29, 1.82) is 0 Å². The number of hydrogen-bond acceptors (Lipinski definition) is 4. The molecule has 1 N–H and O–H groups in total. The zero-order chi connectivity index (χ0) is 12.0. The van der Waals surface area contributed by atoms with Crippen LogP contribution in [0.1, 0.15) is 5.56 Å². The minimum absolute atomic E-state index is 0.229. The van der Waals surface area contributed by atoms with E-state index < -0.39 is 21.5 Å². The number of pyridine rings is 1. The largest absolute Gasteiger partial charge is 0.351 e. The topological polar surface area (TPSA) is 76.1 Å². The molecule has 1 amide bonds. The lowest BCUT2D eigenvalue weighted by molar-refractivity contribution is -0.118. The second kappa shape index (κ2) is 5.28. The maximum absolute atomic E-state index is 11.2. The Morgan fingerprint density at radius 1 is 1.56 bits per heavy atom. The van der Waals surface area contributed by atoms with Crippen molar-refractivity contribution in [2.45, 2.75) is 6.54 Å². The fraction of sp³-hybridized carbons (Fsp3) is 0.200. The number of carbonyl (C=O) groups is 1. The minimum atomic E-state index is -3.72. The van der Waals surface area contributed by atoms with Crippen molar-refractivity contribution in [2.24, 2.45) is 0 Å². The van der Waals surface area contributed by atoms with Crippen LogP contribution in [0.15, 0.2) is 24.5 Å². The molecule has 0 atom stereocenters. The fourth-order valence-corrected chi connectivity index (χ4v) is 1.50. The van der Waals surface area contributed by atoms with Gasteiger partial charge in [0.15, 0.2) is 0 Å². The Kier molecular flexibility index (Phi) is 4.03. The number of carbonyl (C=O) groups excluding carboxylic acids is 1. The lowest BCUT2D eigenvalue weighted by Gasteiger charge is -2.03. The molecule has 0 unspecified atom stereocenters. The summed E-state index contributed by atoms with van der Waals surface area (Å²) in [5, 5.41) is 4.01. The second-order valence-electron chi connectivity index (χ2n) is 3.01. The van der Waals surface area contributed by atoms with Crippen LogP contribution in [0.5, 0.6) is 0 Å². The van der Waals surface area contributed by atoms with E-state index in [1.54, 1.807) is 29.8 Å². The Labute approximate surface area is 93.8 Å². The van der Waals surface area contributed by atoms with Gasteiger partial charge in [-0.25, -0.2) is 8.42 Å². The molecule has 0 aromatic carbocycles. The molecule has 0 spiro atoms. The number of aromatic nitrogens is 1. The Morgan fingerprint density at radius 3 is 2.88 bits per heavy atom. The highest BCUT2D eigenvalue weighted by atomic mass is 32.2. The average Bonchev–Trinajstić information content (AvgIpc) is 2.27. The van der Waals surface area contributed by atoms with Crippen molar-refractivity contribution in [3.05, 3.63) is 30.1 Å². The van der Waals surface area contributed by atoms with Crippen LogP contribution in [0, 0.1) is 11.7 Å². The molecule has 0 saturated carbocycles. The first-order valence-corrected chi connectivity index (χ1v) is 6.04. The van der Waals surface area contributed by atoms with Gasteiger partial charge in [0.25, 0.3) is 0 Å². The van der Waals surface area contributed by atoms with E-state index in [1.807, 2.05) is 0 Å². The molecule has 84 valence electrons. The highest BCUT2D eigenvalue weighted by Crippen LogP contribution is 1.94. The van der Waals surface area contributed by atoms with Crippen LogP contribution in [0.3, 0.4) is 0 Å². The van der Waals surface area contributed by atoms with Crippen molar-refractivity contribution < 1.29 is 13.2 Å². The van der Waals surface area contributed by atoms with Crippen LogP contribution in [-0.4, -0.2) is 25.1 Å². The number of nitrogens with one attached hydrogen (secondary N) is 1. The number of hydrogen-bond donors (Lipinski definition) is 1. The molecule has 1 rings (SSSR count). The number of nitrogens with zero attached hydrogens (tertiary/aromatic N) is 1. The molecule has 0 fully saturated rings. The van der Waals surface area contributed by atoms with Crippen LogP contribution in [-0.2, 0) is 21.2 Å². The first kappa shape index (κ1) is 12.2. The van der Waals surface area contributed by atoms with Crippen LogP contribution in [0.25, 0.3) is 0 Å². The molecular weight excluding hydrogens is 228 g/mol. The van der Waals surface area contributed by atoms with Gasteiger partial charge in [0.2, 0.25) is 15.7 Å². The lowest BCUT2D eigenvalue weighted by atomic mass is 10.3. The van der Waals surface area contributed by atoms with Gasteiger partial charge in [0, 0.05) is 24.2 Å². The van der Waals surface area contributed by atoms with Gasteiger partial charge in [-0.05, 0) is 11.6 Å². The van der Waals surface area contributed by atoms with Crippen molar-refractivity contribution >= 4 is 15.7 Å². The molecule has 0 aliphatic heterocycles. The van der Waals surface area contributed by atoms with Gasteiger partial charge in [0.05, 0.1) is 0 Å². The Morgan fingerprint density at radius 2 is 2.31 bits per heavy atom. The summed E-state index contributed by atoms with van der Waals surface area (Å²) in [5.74, 6) is -1.31. The second-order valence-corrected chi connectivity index (χ2v) is 4.77. The number of terminal acetylenes is 1. The van der Waals surface area contributed by atoms with Gasteiger partial charge in [-0.3, -0.25) is 9.78 Å². The van der Waals surface area contributed by atoms with E-state index in [-0.39, 0.29) is 6.54 Å². The molecule has 0 aliphatic carbocycles. The van der Waals surface area contributed by atoms with Gasteiger partial charge in [-0.2, -0.15) is 0 Å². The summed E-state index contributed by atoms with van der Waals surface area (Å²) < 4.78 is 21.8. The molecule has 6 heteroatoms. The van der Waals surface area contributed by atoms with E-state index in [2.05, 4.69) is 10.3 Å². The molecule has 1 aromatic heterocycles. The van der Waals surface area contributed by atoms with Gasteiger partial charge in [-0.1, -0.05) is 6.07 Å². The third-order valence-corrected chi connectivity index (χ3v) is 2.71. The summed E-state index contributed by atoms with van der Waals surface area (Å²) in [6.07, 6.45) is 7.92. The van der Waals surface area contributed by atoms with E-state index in [9.17, 15) is 13.2 Å². The van der Waals surface area contributed by atoms with Crippen LogP contribution >= 0.6 is 0 Å². The van der Waals surface area contributed by atoms with Gasteiger partial charge in [-0.15, -0.1) is 6.42 Å². The molecule has 1 aromatic rings. The van der Waals surface area contributed by atoms with Gasteiger partial charge < -0.3 is 5.32 Å². The first-order valence-electron chi connectivity index (χ1n) is 4.39. The Bertz CT molecular complexity index is 503. The summed E-state index contributed by atoms with van der Waals surface area (Å²) >= 11 is 0. The molecule has 0 radical (unpaired) electrons. The van der Waals surface area contributed by atoms with E-state index >= 15 is 0 Å². The van der Waals surface area contributed by atoms with Crippen molar-refractivity contribution in [1.82, 2.24) is 10.3 Å². The molecule has 0 bridgehead atoms. The van der Waals surface area contributed by atoms with Gasteiger partial charge in [0.1, 0.15) is 5.75 Å². The maximum Gasteiger partial charge on any atom is 0.236 e. The number of sulfone groups is 1. The lowest BCUT2D eigenvalue weighted by Crippen LogP contribution is -2.29. The Balaban J connectivity index is 2.47. The third-order valence-electron chi connectivity index (χ3n) is 1.71. The summed E-state index contributed by atoms with van der Waals surface area (Å²) in [6, 6.07) is 3.49. The highest BCUT2D eigenvalue weighted by molar-refractivity contribution is 7.96. The smallest absolute Gasteiger partial charge is 0.236 e. The number of rotatable bonds is 4. The van der Waals surface area contributed by atoms with E-state index in [4.69, 9.17) is 6.42 Å². The quantitative estimate of drug-likeness (QED) is 0.577. The monoisotopic (exact) mass is 238 g/mol. The minimum Gasteiger partial charge on any atom is -0.351 e. The zero-order valence-electron chi connectivity index (χ0n) is 8.38. The van der Waals surface area contributed by atoms with E-state index in [1.165, 1.54) is 0 Å². The van der Waals surface area contributed by atoms with Crippen molar-refractivity contribution in [2.75, 3.05) is 5.75 Å². The summed E-state index contributed by atoms with van der Waals surface area (Å²) in [6.45, 7) is 0.229. The third kappa shape index (κ3) is 4.11. The van der Waals surface area contributed by atoms with Crippen LogP contribution < -0.4 is 5.32 Å². The average molecular weight is 238 g/mol. The van der Waals surface area contributed by atoms with E-state index in [0.29, 0.717) is 0 Å².